The van der Waals surface area contributed by atoms with Crippen LogP contribution in [0.2, 0.25) is 0 Å². The maximum atomic E-state index is 7.01. The minimum absolute atomic E-state index is 0.419. The largest absolute Gasteiger partial charge is 0.328 e. The van der Waals surface area contributed by atoms with Crippen LogP contribution in [-0.4, -0.2) is 12.1 Å². The van der Waals surface area contributed by atoms with E-state index in [4.69, 9.17) is 11.5 Å². The summed E-state index contributed by atoms with van der Waals surface area (Å²) in [7, 11) is 0. The summed E-state index contributed by atoms with van der Waals surface area (Å²) >= 11 is 0. The van der Waals surface area contributed by atoms with Gasteiger partial charge in [-0.15, -0.1) is 0 Å². The molecule has 2 nitrogen and oxygen atoms in total. The molecule has 4 aliphatic rings. The molecule has 4 aliphatic carbocycles. The van der Waals surface area contributed by atoms with Gasteiger partial charge in [-0.25, -0.2) is 0 Å². The van der Waals surface area contributed by atoms with E-state index in [0.717, 1.165) is 41.4 Å². The van der Waals surface area contributed by atoms with Crippen LogP contribution in [0.25, 0.3) is 0 Å². The molecule has 0 spiro atoms. The number of rotatable bonds is 5. The molecule has 0 bridgehead atoms. The predicted octanol–water partition coefficient (Wildman–Crippen LogP) is 6.37. The van der Waals surface area contributed by atoms with Crippen LogP contribution in [-0.2, 0) is 0 Å². The number of nitrogens with two attached hydrogens (primary N) is 2. The monoisotopic (exact) mass is 402 g/mol. The lowest BCUT2D eigenvalue weighted by molar-refractivity contribution is -0.124. The highest BCUT2D eigenvalue weighted by molar-refractivity contribution is 5.12. The molecule has 0 saturated heterocycles. The maximum absolute atomic E-state index is 7.01. The molecule has 4 saturated carbocycles. The van der Waals surface area contributed by atoms with Gasteiger partial charge in [0.2, 0.25) is 0 Å². The molecule has 3 unspecified atom stereocenters. The molecule has 168 valence electrons. The minimum Gasteiger partial charge on any atom is -0.328 e. The van der Waals surface area contributed by atoms with Gasteiger partial charge in [-0.1, -0.05) is 53.9 Å². The van der Waals surface area contributed by atoms with Gasteiger partial charge in [0.05, 0.1) is 0 Å². The molecule has 10 atom stereocenters. The van der Waals surface area contributed by atoms with Gasteiger partial charge < -0.3 is 11.5 Å². The first kappa shape index (κ1) is 22.1. The zero-order valence-corrected chi connectivity index (χ0v) is 20.1. The highest BCUT2D eigenvalue weighted by Gasteiger charge is 2.62. The topological polar surface area (TPSA) is 52.0 Å². The predicted molar refractivity (Wildman–Crippen MR) is 124 cm³/mol. The third-order valence-electron chi connectivity index (χ3n) is 11.0. The van der Waals surface area contributed by atoms with Crippen molar-refractivity contribution in [2.75, 3.05) is 0 Å². The second kappa shape index (κ2) is 8.12. The first-order valence-corrected chi connectivity index (χ1v) is 13.2. The SMILES string of the molecule is CC(C)CCCC(C)[C@H]1CC[C@H]2[C@@H]3C(N)C[C@H]4CC(N)CC[C@]4(C)[C@H]3CC[C@]12C. The summed E-state index contributed by atoms with van der Waals surface area (Å²) in [5, 5.41) is 0. The summed E-state index contributed by atoms with van der Waals surface area (Å²) in [5.41, 5.74) is 14.5. The van der Waals surface area contributed by atoms with E-state index < -0.39 is 0 Å². The first-order chi connectivity index (χ1) is 13.7. The van der Waals surface area contributed by atoms with E-state index in [9.17, 15) is 0 Å². The van der Waals surface area contributed by atoms with Gasteiger partial charge in [0.1, 0.15) is 0 Å². The van der Waals surface area contributed by atoms with Crippen molar-refractivity contribution >= 4 is 0 Å². The fraction of sp³-hybridized carbons (Fsp3) is 1.00. The van der Waals surface area contributed by atoms with Gasteiger partial charge in [-0.05, 0) is 104 Å². The molecule has 4 N–H and O–H groups in total. The molecule has 4 fully saturated rings. The standard InChI is InChI=1S/C27H50N2/c1-17(2)7-6-8-18(3)21-9-10-22-25-23(12-14-27(21,22)5)26(4)13-11-20(28)15-19(26)16-24(25)29/h17-25H,6-16,28-29H2,1-5H3/t18?,19-,20?,21-,22+,23+,24?,25+,26+,27-/m1/s1. The van der Waals surface area contributed by atoms with Crippen LogP contribution in [0.4, 0.5) is 0 Å². The average Bonchev–Trinajstić information content (AvgIpc) is 3.00. The van der Waals surface area contributed by atoms with E-state index >= 15 is 0 Å². The zero-order valence-electron chi connectivity index (χ0n) is 20.1. The second-order valence-electron chi connectivity index (χ2n) is 13.0. The van der Waals surface area contributed by atoms with Crippen LogP contribution in [0.5, 0.6) is 0 Å². The first-order valence-electron chi connectivity index (χ1n) is 13.2. The smallest absolute Gasteiger partial charge is 0.00757 e. The molecular formula is C27H50N2. The van der Waals surface area contributed by atoms with Gasteiger partial charge in [0.15, 0.2) is 0 Å². The highest BCUT2D eigenvalue weighted by Crippen LogP contribution is 2.68. The van der Waals surface area contributed by atoms with Crippen LogP contribution in [0, 0.1) is 52.3 Å². The van der Waals surface area contributed by atoms with Gasteiger partial charge in [-0.2, -0.15) is 0 Å². The lowest BCUT2D eigenvalue weighted by atomic mass is 9.43. The third kappa shape index (κ3) is 3.73. The molecule has 4 rings (SSSR count). The lowest BCUT2D eigenvalue weighted by Gasteiger charge is -2.63. The molecule has 0 amide bonds. The molecule has 0 aromatic carbocycles. The fourth-order valence-corrected chi connectivity index (χ4v) is 9.38. The summed E-state index contributed by atoms with van der Waals surface area (Å²) in [6.45, 7) is 12.6. The normalized spacial score (nSPS) is 50.7. The molecule has 29 heavy (non-hydrogen) atoms. The Balaban J connectivity index is 1.50. The quantitative estimate of drug-likeness (QED) is 0.561. The Hall–Kier alpha value is -0.0800. The van der Waals surface area contributed by atoms with E-state index in [1.165, 1.54) is 70.6 Å². The van der Waals surface area contributed by atoms with Crippen molar-refractivity contribution in [2.45, 2.75) is 117 Å². The molecule has 0 aromatic heterocycles. The Morgan fingerprint density at radius 1 is 0.828 bits per heavy atom. The van der Waals surface area contributed by atoms with Crippen molar-refractivity contribution in [1.29, 1.82) is 0 Å². The van der Waals surface area contributed by atoms with Crippen LogP contribution in [0.15, 0.2) is 0 Å². The summed E-state index contributed by atoms with van der Waals surface area (Å²) in [4.78, 5) is 0. The summed E-state index contributed by atoms with van der Waals surface area (Å²) < 4.78 is 0. The van der Waals surface area contributed by atoms with E-state index in [0.29, 0.717) is 22.9 Å². The van der Waals surface area contributed by atoms with Gasteiger partial charge >= 0.3 is 0 Å². The van der Waals surface area contributed by atoms with Gasteiger partial charge in [0.25, 0.3) is 0 Å². The molecule has 0 aliphatic heterocycles. The molecule has 0 heterocycles. The Morgan fingerprint density at radius 2 is 1.52 bits per heavy atom. The number of fused-ring (bicyclic) bond motifs is 5. The van der Waals surface area contributed by atoms with Crippen LogP contribution in [0.1, 0.15) is 105 Å². The fourth-order valence-electron chi connectivity index (χ4n) is 9.38. The lowest BCUT2D eigenvalue weighted by Crippen LogP contribution is -2.61. The van der Waals surface area contributed by atoms with Crippen molar-refractivity contribution in [2.24, 2.45) is 63.7 Å². The molecule has 2 heteroatoms. The van der Waals surface area contributed by atoms with E-state index in [-0.39, 0.29) is 0 Å². The zero-order chi connectivity index (χ0) is 21.0. The van der Waals surface area contributed by atoms with Gasteiger partial charge in [-0.3, -0.25) is 0 Å². The maximum Gasteiger partial charge on any atom is 0.00757 e. The van der Waals surface area contributed by atoms with Crippen molar-refractivity contribution in [3.63, 3.8) is 0 Å². The average molecular weight is 403 g/mol. The summed E-state index contributed by atoms with van der Waals surface area (Å²) in [6.07, 6.45) is 15.1. The Kier molecular flexibility index (Phi) is 6.19. The molecular weight excluding hydrogens is 352 g/mol. The Morgan fingerprint density at radius 3 is 2.24 bits per heavy atom. The summed E-state index contributed by atoms with van der Waals surface area (Å²) in [6, 6.07) is 0.844. The summed E-state index contributed by atoms with van der Waals surface area (Å²) in [5.74, 6) is 5.95. The van der Waals surface area contributed by atoms with Crippen molar-refractivity contribution in [3.8, 4) is 0 Å². The van der Waals surface area contributed by atoms with E-state index in [1.54, 1.807) is 0 Å². The van der Waals surface area contributed by atoms with Crippen molar-refractivity contribution in [3.05, 3.63) is 0 Å². The van der Waals surface area contributed by atoms with Crippen molar-refractivity contribution < 1.29 is 0 Å². The molecule has 0 aromatic rings. The van der Waals surface area contributed by atoms with E-state index in [2.05, 4.69) is 34.6 Å². The Labute approximate surface area is 181 Å². The number of hydrogen-bond donors (Lipinski definition) is 2. The van der Waals surface area contributed by atoms with E-state index in [1.807, 2.05) is 0 Å². The van der Waals surface area contributed by atoms with Crippen LogP contribution in [0.3, 0.4) is 0 Å². The van der Waals surface area contributed by atoms with Crippen molar-refractivity contribution in [1.82, 2.24) is 0 Å². The number of hydrogen-bond acceptors (Lipinski definition) is 2. The third-order valence-corrected chi connectivity index (χ3v) is 11.0. The van der Waals surface area contributed by atoms with Crippen LogP contribution >= 0.6 is 0 Å². The highest BCUT2D eigenvalue weighted by atomic mass is 14.8. The van der Waals surface area contributed by atoms with Gasteiger partial charge in [0, 0.05) is 12.1 Å². The second-order valence-corrected chi connectivity index (χ2v) is 13.0. The molecule has 0 radical (unpaired) electrons. The minimum atomic E-state index is 0.419. The Bertz CT molecular complexity index is 573. The van der Waals surface area contributed by atoms with Crippen LogP contribution < -0.4 is 11.5 Å².